The maximum absolute atomic E-state index is 11.6. The molecule has 8 nitrogen and oxygen atoms in total. The summed E-state index contributed by atoms with van der Waals surface area (Å²) in [6.45, 7) is 15.9. The lowest BCUT2D eigenvalue weighted by Crippen LogP contribution is -2.14. The number of amides is 2. The third kappa shape index (κ3) is 4.91. The molecule has 0 fully saturated rings. The van der Waals surface area contributed by atoms with Gasteiger partial charge in [0.1, 0.15) is 11.6 Å². The molecule has 0 radical (unpaired) electrons. The van der Waals surface area contributed by atoms with Gasteiger partial charge in [-0.1, -0.05) is 13.8 Å². The van der Waals surface area contributed by atoms with Crippen LogP contribution in [-0.2, 0) is 12.8 Å². The number of rotatable bonds is 4. The predicted octanol–water partition coefficient (Wildman–Crippen LogP) is 4.92. The van der Waals surface area contributed by atoms with Gasteiger partial charge >= 0.3 is 0 Å². The number of primary amides is 2. The van der Waals surface area contributed by atoms with E-state index >= 15 is 0 Å². The summed E-state index contributed by atoms with van der Waals surface area (Å²) in [6, 6.07) is 0. The van der Waals surface area contributed by atoms with Gasteiger partial charge in [-0.2, -0.15) is 0 Å². The zero-order chi connectivity index (χ0) is 25.5. The largest absolute Gasteiger partial charge is 0.366 e. The molecule has 188 valence electrons. The summed E-state index contributed by atoms with van der Waals surface area (Å²) < 4.78 is 0. The molecule has 4 rings (SSSR count). The minimum Gasteiger partial charge on any atom is -0.366 e. The van der Waals surface area contributed by atoms with E-state index in [9.17, 15) is 9.59 Å². The van der Waals surface area contributed by atoms with Crippen molar-refractivity contribution in [2.45, 2.75) is 68.2 Å². The fourth-order valence-corrected chi connectivity index (χ4v) is 4.37. The molecule has 0 saturated carbocycles. The number of carbonyl (C=O) groups is 2. The number of aromatic nitrogens is 4. The summed E-state index contributed by atoms with van der Waals surface area (Å²) in [4.78, 5) is 38.6. The summed E-state index contributed by atoms with van der Waals surface area (Å²) in [5.41, 5.74) is 21.6. The summed E-state index contributed by atoms with van der Waals surface area (Å²) in [5, 5.41) is 0. The fourth-order valence-electron chi connectivity index (χ4n) is 4.37. The van der Waals surface area contributed by atoms with Gasteiger partial charge in [0, 0.05) is 12.8 Å². The average molecular weight is 591 g/mol. The molecule has 6 N–H and O–H groups in total. The molecule has 0 atom stereocenters. The number of nitrogens with two attached hydrogens (primary N) is 2. The third-order valence-corrected chi connectivity index (χ3v) is 6.88. The van der Waals surface area contributed by atoms with Crippen LogP contribution in [0.4, 0.5) is 0 Å². The Bertz CT molecular complexity index is 1340. The van der Waals surface area contributed by atoms with Crippen LogP contribution < -0.4 is 11.5 Å². The number of nitrogens with one attached hydrogen (secondary N) is 2. The van der Waals surface area contributed by atoms with Crippen LogP contribution in [0.15, 0.2) is 0 Å². The number of fused-ring (bicyclic) bond motifs is 2. The van der Waals surface area contributed by atoms with Gasteiger partial charge in [-0.15, -0.1) is 24.0 Å². The van der Waals surface area contributed by atoms with Gasteiger partial charge in [-0.3, -0.25) is 9.59 Å². The Morgan fingerprint density at radius 3 is 1.20 bits per heavy atom. The predicted molar refractivity (Wildman–Crippen MR) is 152 cm³/mol. The zero-order valence-electron chi connectivity index (χ0n) is 21.7. The van der Waals surface area contributed by atoms with Crippen LogP contribution in [0.25, 0.3) is 22.1 Å². The molecule has 0 aliphatic carbocycles. The molecule has 0 saturated heterocycles. The van der Waals surface area contributed by atoms with Gasteiger partial charge in [0.25, 0.3) is 11.8 Å². The normalized spacial score (nSPS) is 10.7. The Balaban J connectivity index is 0.000000240. The van der Waals surface area contributed by atoms with E-state index in [0.717, 1.165) is 79.9 Å². The maximum atomic E-state index is 11.6. The second kappa shape index (κ2) is 10.8. The number of imidazole rings is 2. The van der Waals surface area contributed by atoms with Crippen LogP contribution in [0.5, 0.6) is 0 Å². The second-order valence-electron chi connectivity index (χ2n) is 8.75. The first-order valence-corrected chi connectivity index (χ1v) is 11.5. The number of benzene rings is 2. The van der Waals surface area contributed by atoms with Crippen molar-refractivity contribution in [3.05, 3.63) is 56.2 Å². The number of hydrogen-bond donors (Lipinski definition) is 4. The van der Waals surface area contributed by atoms with Gasteiger partial charge in [0.15, 0.2) is 0 Å². The van der Waals surface area contributed by atoms with Crippen molar-refractivity contribution in [3.63, 3.8) is 0 Å². The minimum absolute atomic E-state index is 0. The van der Waals surface area contributed by atoms with Gasteiger partial charge in [0.2, 0.25) is 0 Å². The van der Waals surface area contributed by atoms with Crippen molar-refractivity contribution in [1.29, 1.82) is 0 Å². The van der Waals surface area contributed by atoms with Crippen LogP contribution in [0.1, 0.15) is 79.6 Å². The number of H-pyrrole nitrogens is 2. The standard InChI is InChI=1S/2C13H17N3O.HI/c2*1-5-9-15-11-8(4)6(2)7(3)10(13(14)17)12(11)16-9;/h2*5H2,1-4H3,(H2,14,17)(H,15,16);1H. The molecule has 0 aliphatic heterocycles. The first-order chi connectivity index (χ1) is 15.9. The van der Waals surface area contributed by atoms with Crippen LogP contribution in [0.2, 0.25) is 0 Å². The van der Waals surface area contributed by atoms with E-state index in [0.29, 0.717) is 11.1 Å². The topological polar surface area (TPSA) is 144 Å². The lowest BCUT2D eigenvalue weighted by Gasteiger charge is -2.10. The van der Waals surface area contributed by atoms with E-state index in [1.165, 1.54) is 0 Å². The van der Waals surface area contributed by atoms with Crippen LogP contribution in [0, 0.1) is 41.5 Å². The Morgan fingerprint density at radius 1 is 0.629 bits per heavy atom. The van der Waals surface area contributed by atoms with Gasteiger partial charge in [-0.25, -0.2) is 9.97 Å². The van der Waals surface area contributed by atoms with Crippen molar-refractivity contribution in [2.24, 2.45) is 11.5 Å². The average Bonchev–Trinajstić information content (AvgIpc) is 3.41. The van der Waals surface area contributed by atoms with Crippen LogP contribution in [-0.4, -0.2) is 31.8 Å². The molecule has 2 aromatic heterocycles. The monoisotopic (exact) mass is 590 g/mol. The molecule has 35 heavy (non-hydrogen) atoms. The summed E-state index contributed by atoms with van der Waals surface area (Å²) in [7, 11) is 0. The first kappa shape index (κ1) is 28.3. The highest BCUT2D eigenvalue weighted by Crippen LogP contribution is 2.29. The summed E-state index contributed by atoms with van der Waals surface area (Å²) in [6.07, 6.45) is 1.62. The van der Waals surface area contributed by atoms with Gasteiger partial charge in [-0.05, 0) is 74.9 Å². The van der Waals surface area contributed by atoms with E-state index in [-0.39, 0.29) is 24.0 Å². The highest BCUT2D eigenvalue weighted by Gasteiger charge is 2.19. The molecular weight excluding hydrogens is 555 g/mol. The lowest BCUT2D eigenvalue weighted by molar-refractivity contribution is 0.0992. The highest BCUT2D eigenvalue weighted by molar-refractivity contribution is 14.0. The number of nitrogens with zero attached hydrogens (tertiary/aromatic N) is 2. The Hall–Kier alpha value is -2.95. The number of carbonyl (C=O) groups excluding carboxylic acids is 2. The van der Waals surface area contributed by atoms with E-state index in [1.54, 1.807) is 0 Å². The fraction of sp³-hybridized carbons (Fsp3) is 0.385. The second-order valence-corrected chi connectivity index (χ2v) is 8.75. The van der Waals surface area contributed by atoms with E-state index in [2.05, 4.69) is 19.9 Å². The Kier molecular flexibility index (Phi) is 8.70. The van der Waals surface area contributed by atoms with E-state index in [1.807, 2.05) is 55.4 Å². The molecule has 2 aromatic carbocycles. The number of hydrogen-bond acceptors (Lipinski definition) is 4. The zero-order valence-corrected chi connectivity index (χ0v) is 24.0. The SMILES string of the molecule is CCc1nc2c(C)c(C)c(C)c(C(N)=O)c2[nH]1.CCc1nc2c(C)c(C)c(C)c(C(N)=O)c2[nH]1.I. The molecular formula is C26H35IN6O2. The van der Waals surface area contributed by atoms with Crippen molar-refractivity contribution in [1.82, 2.24) is 19.9 Å². The Labute approximate surface area is 222 Å². The quantitative estimate of drug-likeness (QED) is 0.250. The highest BCUT2D eigenvalue weighted by atomic mass is 127. The van der Waals surface area contributed by atoms with Crippen molar-refractivity contribution in [2.75, 3.05) is 0 Å². The molecule has 0 spiro atoms. The summed E-state index contributed by atoms with van der Waals surface area (Å²) >= 11 is 0. The van der Waals surface area contributed by atoms with E-state index < -0.39 is 11.8 Å². The Morgan fingerprint density at radius 2 is 0.943 bits per heavy atom. The molecule has 0 unspecified atom stereocenters. The minimum atomic E-state index is -0.401. The number of aryl methyl sites for hydroxylation is 4. The van der Waals surface area contributed by atoms with E-state index in [4.69, 9.17) is 11.5 Å². The smallest absolute Gasteiger partial charge is 0.251 e. The molecule has 0 aliphatic rings. The molecule has 2 amide bonds. The lowest BCUT2D eigenvalue weighted by atomic mass is 9.96. The van der Waals surface area contributed by atoms with Crippen LogP contribution in [0.3, 0.4) is 0 Å². The van der Waals surface area contributed by atoms with Gasteiger partial charge in [0.05, 0.1) is 33.2 Å². The molecule has 2 heterocycles. The number of aromatic amines is 2. The molecule has 0 bridgehead atoms. The van der Waals surface area contributed by atoms with Crippen molar-refractivity contribution in [3.8, 4) is 0 Å². The maximum Gasteiger partial charge on any atom is 0.251 e. The van der Waals surface area contributed by atoms with Crippen molar-refractivity contribution < 1.29 is 9.59 Å². The summed E-state index contributed by atoms with van der Waals surface area (Å²) in [5.74, 6) is 0.968. The molecule has 4 aromatic rings. The van der Waals surface area contributed by atoms with Crippen LogP contribution >= 0.6 is 24.0 Å². The molecule has 9 heteroatoms. The third-order valence-electron chi connectivity index (χ3n) is 6.88. The first-order valence-electron chi connectivity index (χ1n) is 11.5. The van der Waals surface area contributed by atoms with Crippen molar-refractivity contribution >= 4 is 57.9 Å². The number of halogens is 1. The van der Waals surface area contributed by atoms with Gasteiger partial charge < -0.3 is 21.4 Å².